The Morgan fingerprint density at radius 3 is 2.23 bits per heavy atom. The van der Waals surface area contributed by atoms with E-state index in [1.165, 1.54) is 5.56 Å². The molecule has 0 heterocycles. The van der Waals surface area contributed by atoms with Crippen molar-refractivity contribution in [2.75, 3.05) is 6.61 Å². The third-order valence-electron chi connectivity index (χ3n) is 5.70. The molecule has 2 atom stereocenters. The molecule has 0 spiro atoms. The zero-order valence-electron chi connectivity index (χ0n) is 19.7. The van der Waals surface area contributed by atoms with E-state index in [0.29, 0.717) is 18.7 Å². The third-order valence-corrected chi connectivity index (χ3v) is 5.70. The summed E-state index contributed by atoms with van der Waals surface area (Å²) in [5.41, 5.74) is 4.43. The molecule has 168 valence electrons. The highest BCUT2D eigenvalue weighted by molar-refractivity contribution is 5.88. The largest absolute Gasteiger partial charge is 0.484 e. The summed E-state index contributed by atoms with van der Waals surface area (Å²) in [7, 11) is 0. The lowest BCUT2D eigenvalue weighted by Gasteiger charge is -2.31. The Hall–Kier alpha value is -2.82. The summed E-state index contributed by atoms with van der Waals surface area (Å²) in [6.45, 7) is 12.3. The molecule has 0 unspecified atom stereocenters. The second kappa shape index (κ2) is 11.5. The smallest absolute Gasteiger partial charge is 0.261 e. The number of ether oxygens (including phenoxy) is 1. The summed E-state index contributed by atoms with van der Waals surface area (Å²) in [5.74, 6) is 0.331. The highest BCUT2D eigenvalue weighted by Crippen LogP contribution is 2.18. The van der Waals surface area contributed by atoms with Crippen LogP contribution in [0.25, 0.3) is 0 Å². The van der Waals surface area contributed by atoms with Crippen molar-refractivity contribution < 1.29 is 14.3 Å². The van der Waals surface area contributed by atoms with Crippen molar-refractivity contribution in [2.45, 2.75) is 73.0 Å². The summed E-state index contributed by atoms with van der Waals surface area (Å²) < 4.78 is 5.80. The molecule has 0 aliphatic rings. The van der Waals surface area contributed by atoms with Crippen LogP contribution in [0.2, 0.25) is 0 Å². The molecule has 2 rings (SSSR count). The maximum atomic E-state index is 13.2. The molecule has 0 aromatic heterocycles. The molecule has 0 aliphatic carbocycles. The van der Waals surface area contributed by atoms with Gasteiger partial charge in [0.1, 0.15) is 11.8 Å². The van der Waals surface area contributed by atoms with Crippen molar-refractivity contribution in [3.05, 3.63) is 64.7 Å². The average molecular weight is 425 g/mol. The fraction of sp³-hybridized carbons (Fsp3) is 0.462. The number of hydrogen-bond donors (Lipinski definition) is 1. The van der Waals surface area contributed by atoms with Crippen LogP contribution in [0.15, 0.2) is 42.5 Å². The number of amides is 2. The van der Waals surface area contributed by atoms with Gasteiger partial charge in [-0.25, -0.2) is 0 Å². The Morgan fingerprint density at radius 2 is 1.65 bits per heavy atom. The van der Waals surface area contributed by atoms with E-state index in [9.17, 15) is 9.59 Å². The number of nitrogens with zero attached hydrogens (tertiary/aromatic N) is 1. The Kier molecular flexibility index (Phi) is 9.10. The minimum Gasteiger partial charge on any atom is -0.484 e. The number of nitrogens with one attached hydrogen (secondary N) is 1. The molecular weight excluding hydrogens is 388 g/mol. The van der Waals surface area contributed by atoms with Gasteiger partial charge >= 0.3 is 0 Å². The maximum absolute atomic E-state index is 13.2. The highest BCUT2D eigenvalue weighted by Gasteiger charge is 2.29. The summed E-state index contributed by atoms with van der Waals surface area (Å²) in [6, 6.07) is 13.3. The Morgan fingerprint density at radius 1 is 0.968 bits per heavy atom. The lowest BCUT2D eigenvalue weighted by Crippen LogP contribution is -2.51. The van der Waals surface area contributed by atoms with Gasteiger partial charge in [0.25, 0.3) is 5.91 Å². The zero-order valence-corrected chi connectivity index (χ0v) is 19.7. The molecule has 0 saturated heterocycles. The first-order valence-corrected chi connectivity index (χ1v) is 11.1. The topological polar surface area (TPSA) is 58.6 Å². The van der Waals surface area contributed by atoms with Gasteiger partial charge in [-0.05, 0) is 69.4 Å². The Labute approximate surface area is 186 Å². The number of hydrogen-bond acceptors (Lipinski definition) is 3. The van der Waals surface area contributed by atoms with E-state index < -0.39 is 6.04 Å². The van der Waals surface area contributed by atoms with Crippen molar-refractivity contribution in [1.29, 1.82) is 0 Å². The van der Waals surface area contributed by atoms with Crippen LogP contribution in [0.3, 0.4) is 0 Å². The monoisotopic (exact) mass is 424 g/mol. The first-order valence-electron chi connectivity index (χ1n) is 11.1. The van der Waals surface area contributed by atoms with E-state index >= 15 is 0 Å². The normalized spacial score (nSPS) is 12.7. The molecule has 2 aromatic carbocycles. The van der Waals surface area contributed by atoms with Crippen LogP contribution in [0.1, 0.15) is 55.9 Å². The predicted molar refractivity (Wildman–Crippen MR) is 125 cm³/mol. The SMILES string of the molecule is CC[C@H](C(=O)N[C@@H](C)CC)N(Cc1ccc(C)cc1)C(=O)COc1ccc(C)c(C)c1. The summed E-state index contributed by atoms with van der Waals surface area (Å²) in [5, 5.41) is 3.02. The van der Waals surface area contributed by atoms with Crippen LogP contribution >= 0.6 is 0 Å². The minimum atomic E-state index is -0.550. The molecule has 2 aromatic rings. The Bertz CT molecular complexity index is 877. The number of carbonyl (C=O) groups is 2. The van der Waals surface area contributed by atoms with Crippen molar-refractivity contribution in [2.24, 2.45) is 0 Å². The minimum absolute atomic E-state index is 0.0599. The van der Waals surface area contributed by atoms with E-state index in [1.54, 1.807) is 4.90 Å². The van der Waals surface area contributed by atoms with Gasteiger partial charge in [-0.1, -0.05) is 49.7 Å². The first kappa shape index (κ1) is 24.4. The van der Waals surface area contributed by atoms with Crippen LogP contribution in [0.5, 0.6) is 5.75 Å². The zero-order chi connectivity index (χ0) is 23.0. The van der Waals surface area contributed by atoms with Crippen molar-refractivity contribution in [3.63, 3.8) is 0 Å². The number of aryl methyl sites for hydroxylation is 3. The second-order valence-electron chi connectivity index (χ2n) is 8.28. The van der Waals surface area contributed by atoms with Crippen molar-refractivity contribution in [1.82, 2.24) is 10.2 Å². The van der Waals surface area contributed by atoms with Gasteiger partial charge in [0.05, 0.1) is 0 Å². The van der Waals surface area contributed by atoms with Gasteiger partial charge in [0, 0.05) is 12.6 Å². The summed E-state index contributed by atoms with van der Waals surface area (Å²) in [6.07, 6.45) is 1.37. The maximum Gasteiger partial charge on any atom is 0.261 e. The second-order valence-corrected chi connectivity index (χ2v) is 8.28. The van der Waals surface area contributed by atoms with Gasteiger partial charge in [0.2, 0.25) is 5.91 Å². The molecule has 5 nitrogen and oxygen atoms in total. The van der Waals surface area contributed by atoms with Gasteiger partial charge < -0.3 is 15.0 Å². The third kappa shape index (κ3) is 7.12. The van der Waals surface area contributed by atoms with E-state index in [0.717, 1.165) is 23.1 Å². The fourth-order valence-electron chi connectivity index (χ4n) is 3.28. The van der Waals surface area contributed by atoms with Crippen LogP contribution in [-0.2, 0) is 16.1 Å². The Balaban J connectivity index is 2.21. The van der Waals surface area contributed by atoms with Crippen LogP contribution in [0.4, 0.5) is 0 Å². The van der Waals surface area contributed by atoms with Crippen molar-refractivity contribution in [3.8, 4) is 5.75 Å². The number of rotatable bonds is 10. The molecule has 5 heteroatoms. The number of benzene rings is 2. The molecule has 0 radical (unpaired) electrons. The van der Waals surface area contributed by atoms with Crippen LogP contribution in [0, 0.1) is 20.8 Å². The standard InChI is InChI=1S/C26H36N2O3/c1-7-21(6)27-26(30)24(8-2)28(16-22-12-9-18(3)10-13-22)25(29)17-31-23-14-11-19(4)20(5)15-23/h9-15,21,24H,7-8,16-17H2,1-6H3,(H,27,30)/t21-,24+/m0/s1. The summed E-state index contributed by atoms with van der Waals surface area (Å²) >= 11 is 0. The summed E-state index contributed by atoms with van der Waals surface area (Å²) in [4.78, 5) is 27.8. The molecule has 0 fully saturated rings. The number of carbonyl (C=O) groups excluding carboxylic acids is 2. The van der Waals surface area contributed by atoms with Crippen LogP contribution in [-0.4, -0.2) is 35.4 Å². The molecule has 31 heavy (non-hydrogen) atoms. The molecule has 0 bridgehead atoms. The lowest BCUT2D eigenvalue weighted by atomic mass is 10.1. The van der Waals surface area contributed by atoms with E-state index in [1.807, 2.05) is 84.0 Å². The van der Waals surface area contributed by atoms with Gasteiger partial charge in [-0.3, -0.25) is 9.59 Å². The highest BCUT2D eigenvalue weighted by atomic mass is 16.5. The quantitative estimate of drug-likeness (QED) is 0.601. The molecule has 2 amide bonds. The van der Waals surface area contributed by atoms with Gasteiger partial charge in [0.15, 0.2) is 6.61 Å². The van der Waals surface area contributed by atoms with E-state index in [-0.39, 0.29) is 24.5 Å². The molecule has 1 N–H and O–H groups in total. The first-order chi connectivity index (χ1) is 14.7. The van der Waals surface area contributed by atoms with E-state index in [4.69, 9.17) is 4.74 Å². The van der Waals surface area contributed by atoms with Crippen LogP contribution < -0.4 is 10.1 Å². The van der Waals surface area contributed by atoms with E-state index in [2.05, 4.69) is 5.32 Å². The average Bonchev–Trinajstić information content (AvgIpc) is 2.75. The van der Waals surface area contributed by atoms with Gasteiger partial charge in [-0.2, -0.15) is 0 Å². The molecule has 0 aliphatic heterocycles. The molecular formula is C26H36N2O3. The van der Waals surface area contributed by atoms with Gasteiger partial charge in [-0.15, -0.1) is 0 Å². The predicted octanol–water partition coefficient (Wildman–Crippen LogP) is 4.71. The fourth-order valence-corrected chi connectivity index (χ4v) is 3.28. The van der Waals surface area contributed by atoms with Crippen molar-refractivity contribution >= 4 is 11.8 Å². The molecule has 0 saturated carbocycles. The lowest BCUT2D eigenvalue weighted by molar-refractivity contribution is -0.143.